The van der Waals surface area contributed by atoms with Crippen LogP contribution >= 0.6 is 7.60 Å². The Hall–Kier alpha value is -3.28. The molecule has 2 bridgehead atoms. The van der Waals surface area contributed by atoms with Gasteiger partial charge in [-0.1, -0.05) is 65.8 Å². The number of rotatable bonds is 9. The maximum atomic E-state index is 13.7. The Balaban J connectivity index is 2.49. The molecule has 1 aromatic carbocycles. The zero-order valence-electron chi connectivity index (χ0n) is 26.5. The topological polar surface area (TPSA) is 189 Å². The van der Waals surface area contributed by atoms with Crippen molar-refractivity contribution in [3.05, 3.63) is 35.4 Å². The molecule has 5 N–H and O–H groups in total. The third-order valence-electron chi connectivity index (χ3n) is 6.92. The van der Waals surface area contributed by atoms with Crippen LogP contribution in [-0.2, 0) is 50.8 Å². The van der Waals surface area contributed by atoms with Gasteiger partial charge >= 0.3 is 13.6 Å². The Kier molecular flexibility index (Phi) is 14.0. The fourth-order valence-electron chi connectivity index (χ4n) is 4.68. The van der Waals surface area contributed by atoms with Crippen LogP contribution in [0, 0.1) is 17.8 Å². The van der Waals surface area contributed by atoms with Gasteiger partial charge in [-0.3, -0.25) is 28.3 Å². The maximum Gasteiger partial charge on any atom is 0.351 e. The second kappa shape index (κ2) is 16.7. The van der Waals surface area contributed by atoms with Crippen molar-refractivity contribution in [2.75, 3.05) is 7.11 Å². The van der Waals surface area contributed by atoms with Gasteiger partial charge in [0.25, 0.3) is 0 Å². The van der Waals surface area contributed by atoms with Crippen molar-refractivity contribution in [1.29, 1.82) is 0 Å². The number of nitrogens with one attached hydrogen (secondary N) is 4. The lowest BCUT2D eigenvalue weighted by Crippen LogP contribution is -2.57. The zero-order valence-corrected chi connectivity index (χ0v) is 27.4. The molecule has 0 aliphatic carbocycles. The molecule has 2 rings (SSSR count). The smallest absolute Gasteiger partial charge is 0.351 e. The molecule has 1 aliphatic rings. The highest BCUT2D eigenvalue weighted by Gasteiger charge is 2.41. The van der Waals surface area contributed by atoms with Crippen LogP contribution in [-0.4, -0.2) is 65.6 Å². The number of ether oxygens (including phenoxy) is 1. The number of hydrogen-bond donors (Lipinski definition) is 5. The lowest BCUT2D eigenvalue weighted by molar-refractivity contribution is -0.149. The average Bonchev–Trinajstić information content (AvgIpc) is 2.92. The quantitative estimate of drug-likeness (QED) is 0.199. The summed E-state index contributed by atoms with van der Waals surface area (Å²) in [4.78, 5) is 76.2. The van der Waals surface area contributed by atoms with Gasteiger partial charge in [0.05, 0.1) is 13.5 Å². The Morgan fingerprint density at radius 3 is 2.32 bits per heavy atom. The zero-order chi connectivity index (χ0) is 33.2. The summed E-state index contributed by atoms with van der Waals surface area (Å²) in [6.07, 6.45) is -1.87. The molecule has 13 nitrogen and oxygen atoms in total. The summed E-state index contributed by atoms with van der Waals surface area (Å²) in [7, 11) is -3.61. The van der Waals surface area contributed by atoms with Crippen molar-refractivity contribution in [2.45, 2.75) is 97.7 Å². The Bertz CT molecular complexity index is 1240. The second-order valence-electron chi connectivity index (χ2n) is 12.3. The summed E-state index contributed by atoms with van der Waals surface area (Å²) in [6.45, 7) is 10.8. The summed E-state index contributed by atoms with van der Waals surface area (Å²) in [5, 5.41) is 10.5. The highest BCUT2D eigenvalue weighted by molar-refractivity contribution is 7.53. The first-order valence-electron chi connectivity index (χ1n) is 14.9. The van der Waals surface area contributed by atoms with Crippen molar-refractivity contribution in [2.24, 2.45) is 17.8 Å². The van der Waals surface area contributed by atoms with Crippen LogP contribution in [0.4, 0.5) is 0 Å². The Morgan fingerprint density at radius 2 is 1.73 bits per heavy atom. The number of carbonyl (C=O) groups is 5. The summed E-state index contributed by atoms with van der Waals surface area (Å²) in [5.41, 5.74) is 1.26. The second-order valence-corrected chi connectivity index (χ2v) is 14.3. The minimum atomic E-state index is -4.75. The van der Waals surface area contributed by atoms with Crippen LogP contribution in [0.3, 0.4) is 0 Å². The van der Waals surface area contributed by atoms with Crippen LogP contribution in [0.25, 0.3) is 0 Å². The minimum Gasteiger partial charge on any atom is -0.467 e. The van der Waals surface area contributed by atoms with Gasteiger partial charge in [0, 0.05) is 19.4 Å². The fraction of sp³-hybridized carbons (Fsp3) is 0.633. The van der Waals surface area contributed by atoms with Crippen molar-refractivity contribution in [3.63, 3.8) is 0 Å². The van der Waals surface area contributed by atoms with Crippen LogP contribution in [0.5, 0.6) is 0 Å². The van der Waals surface area contributed by atoms with Crippen molar-refractivity contribution in [3.8, 4) is 0 Å². The molecular formula is C30H47N4O9P. The number of carbonyl (C=O) groups excluding carboxylic acids is 5. The van der Waals surface area contributed by atoms with Gasteiger partial charge in [-0.2, -0.15) is 0 Å². The van der Waals surface area contributed by atoms with E-state index in [-0.39, 0.29) is 49.5 Å². The third kappa shape index (κ3) is 11.7. The molecule has 5 atom stereocenters. The molecule has 0 saturated heterocycles. The summed E-state index contributed by atoms with van der Waals surface area (Å²) < 4.78 is 24.0. The van der Waals surface area contributed by atoms with Gasteiger partial charge in [0.1, 0.15) is 17.9 Å². The standard InChI is InChI=1S/C30H47N4O9P/c1-17(2)11-25(36)33-27(19(5)6)29(38)32-22-15-24(35)31-16-21-10-8-9-20(13-21)14-23(30(39)42-7)43-44(40,41)26(12-18(3)4)34-28(22)37/h8-10,13,17-19,22-23,26-27H,11-12,14-16H2,1-7H3,(H,31,35)(H,32,38)(H,33,36)(H,34,37)(H,40,41)/t22-,23-,26+,27-/m0/s1. The predicted molar refractivity (Wildman–Crippen MR) is 163 cm³/mol. The number of amides is 4. The van der Waals surface area contributed by atoms with E-state index in [0.29, 0.717) is 11.1 Å². The van der Waals surface area contributed by atoms with E-state index in [2.05, 4.69) is 21.3 Å². The van der Waals surface area contributed by atoms with Crippen LogP contribution in [0.2, 0.25) is 0 Å². The number of fused-ring (bicyclic) bond motifs is 2. The van der Waals surface area contributed by atoms with E-state index in [1.165, 1.54) is 0 Å². The van der Waals surface area contributed by atoms with Gasteiger partial charge in [0.15, 0.2) is 6.10 Å². The largest absolute Gasteiger partial charge is 0.467 e. The highest BCUT2D eigenvalue weighted by Crippen LogP contribution is 2.50. The molecule has 0 fully saturated rings. The normalized spacial score (nSPS) is 24.0. The van der Waals surface area contributed by atoms with Crippen molar-refractivity contribution < 1.29 is 42.7 Å². The summed E-state index contributed by atoms with van der Waals surface area (Å²) >= 11 is 0. The average molecular weight is 639 g/mol. The molecular weight excluding hydrogens is 591 g/mol. The van der Waals surface area contributed by atoms with Crippen LogP contribution in [0.1, 0.15) is 71.9 Å². The Morgan fingerprint density at radius 1 is 1.07 bits per heavy atom. The van der Waals surface area contributed by atoms with E-state index in [0.717, 1.165) is 7.11 Å². The fourth-order valence-corrected chi connectivity index (χ4v) is 6.33. The lowest BCUT2D eigenvalue weighted by atomic mass is 10.0. The van der Waals surface area contributed by atoms with E-state index >= 15 is 0 Å². The maximum absolute atomic E-state index is 13.7. The van der Waals surface area contributed by atoms with E-state index in [1.807, 2.05) is 13.8 Å². The molecule has 1 aliphatic heterocycles. The van der Waals surface area contributed by atoms with Gasteiger partial charge in [-0.25, -0.2) is 4.79 Å². The van der Waals surface area contributed by atoms with Gasteiger partial charge < -0.3 is 30.9 Å². The number of hydrogen-bond acceptors (Lipinski definition) is 8. The van der Waals surface area contributed by atoms with Gasteiger partial charge in [-0.15, -0.1) is 0 Å². The summed E-state index contributed by atoms with van der Waals surface area (Å²) in [6, 6.07) is 4.39. The molecule has 0 saturated carbocycles. The Labute approximate surface area is 259 Å². The third-order valence-corrected chi connectivity index (χ3v) is 8.61. The van der Waals surface area contributed by atoms with Gasteiger partial charge in [0.2, 0.25) is 23.6 Å². The van der Waals surface area contributed by atoms with E-state index in [4.69, 9.17) is 9.26 Å². The molecule has 246 valence electrons. The molecule has 0 spiro atoms. The number of esters is 1. The first-order chi connectivity index (χ1) is 20.5. The number of benzene rings is 1. The van der Waals surface area contributed by atoms with Crippen LogP contribution < -0.4 is 21.3 Å². The first kappa shape index (κ1) is 36.9. The molecule has 0 radical (unpaired) electrons. The number of methoxy groups -OCH3 is 1. The van der Waals surface area contributed by atoms with E-state index in [9.17, 15) is 33.4 Å². The predicted octanol–water partition coefficient (Wildman–Crippen LogP) is 2.15. The lowest BCUT2D eigenvalue weighted by Gasteiger charge is -2.30. The molecule has 1 aromatic rings. The molecule has 0 aromatic heterocycles. The van der Waals surface area contributed by atoms with E-state index < -0.39 is 61.7 Å². The molecule has 44 heavy (non-hydrogen) atoms. The SMILES string of the molecule is COC(=O)[C@@H]1Cc2cccc(c2)CNC(=O)C[C@H](NC(=O)[C@@H](NC(=O)CC(C)C)C(C)C)C(=O)N[C@@H](CC(C)C)P(=O)(O)O1. The van der Waals surface area contributed by atoms with E-state index in [1.54, 1.807) is 52.0 Å². The van der Waals surface area contributed by atoms with Gasteiger partial charge in [-0.05, 0) is 35.3 Å². The highest BCUT2D eigenvalue weighted by atomic mass is 31.2. The molecule has 1 unspecified atom stereocenters. The summed E-state index contributed by atoms with van der Waals surface area (Å²) in [5.74, 6) is -5.34. The molecule has 1 heterocycles. The molecule has 14 heteroatoms. The monoisotopic (exact) mass is 638 g/mol. The first-order valence-corrected chi connectivity index (χ1v) is 16.5. The molecule has 4 amide bonds. The van der Waals surface area contributed by atoms with Crippen LogP contribution in [0.15, 0.2) is 24.3 Å². The van der Waals surface area contributed by atoms with Crippen molar-refractivity contribution in [1.82, 2.24) is 21.3 Å². The van der Waals surface area contributed by atoms with Crippen molar-refractivity contribution >= 4 is 37.2 Å². The minimum absolute atomic E-state index is 0.0182.